The van der Waals surface area contributed by atoms with Gasteiger partial charge < -0.3 is 10.2 Å². The highest BCUT2D eigenvalue weighted by Crippen LogP contribution is 2.27. The number of nitrogens with one attached hydrogen (secondary N) is 1. The lowest BCUT2D eigenvalue weighted by atomic mass is 9.85. The predicted molar refractivity (Wildman–Crippen MR) is 67.2 cm³/mol. The van der Waals surface area contributed by atoms with Crippen molar-refractivity contribution in [1.82, 2.24) is 10.2 Å². The minimum Gasteiger partial charge on any atom is -0.316 e. The van der Waals surface area contributed by atoms with Crippen LogP contribution in [0.25, 0.3) is 0 Å². The Labute approximate surface area is 95.4 Å². The summed E-state index contributed by atoms with van der Waals surface area (Å²) in [5, 5.41) is 3.44. The van der Waals surface area contributed by atoms with Crippen LogP contribution < -0.4 is 5.32 Å². The molecule has 2 heteroatoms. The first kappa shape index (κ1) is 13.0. The van der Waals surface area contributed by atoms with Crippen LogP contribution in [0.2, 0.25) is 0 Å². The first-order valence-electron chi connectivity index (χ1n) is 6.69. The van der Waals surface area contributed by atoms with E-state index in [1.807, 2.05) is 0 Å². The van der Waals surface area contributed by atoms with Crippen LogP contribution in [0.1, 0.15) is 46.0 Å². The number of hydrogen-bond acceptors (Lipinski definition) is 2. The van der Waals surface area contributed by atoms with Gasteiger partial charge in [-0.15, -0.1) is 0 Å². The molecule has 1 unspecified atom stereocenters. The monoisotopic (exact) mass is 212 g/mol. The quantitative estimate of drug-likeness (QED) is 0.665. The van der Waals surface area contributed by atoms with E-state index in [2.05, 4.69) is 31.1 Å². The van der Waals surface area contributed by atoms with Crippen molar-refractivity contribution in [2.24, 2.45) is 5.92 Å². The zero-order valence-corrected chi connectivity index (χ0v) is 10.8. The van der Waals surface area contributed by atoms with Crippen molar-refractivity contribution in [1.29, 1.82) is 0 Å². The van der Waals surface area contributed by atoms with E-state index in [4.69, 9.17) is 0 Å². The molecular formula is C13H28N2. The fourth-order valence-electron chi connectivity index (χ4n) is 2.36. The number of nitrogens with zero attached hydrogens (tertiary/aromatic N) is 1. The van der Waals surface area contributed by atoms with Crippen LogP contribution in [0, 0.1) is 5.92 Å². The Morgan fingerprint density at radius 2 is 2.07 bits per heavy atom. The Morgan fingerprint density at radius 3 is 2.47 bits per heavy atom. The Balaban J connectivity index is 2.23. The molecule has 1 aliphatic carbocycles. The summed E-state index contributed by atoms with van der Waals surface area (Å²) in [5.74, 6) is 1.00. The molecule has 0 aliphatic heterocycles. The van der Waals surface area contributed by atoms with Gasteiger partial charge in [-0.2, -0.15) is 0 Å². The lowest BCUT2D eigenvalue weighted by molar-refractivity contribution is 0.169. The summed E-state index contributed by atoms with van der Waals surface area (Å²) in [6, 6.07) is 0.690. The number of rotatable bonds is 8. The summed E-state index contributed by atoms with van der Waals surface area (Å²) < 4.78 is 0. The summed E-state index contributed by atoms with van der Waals surface area (Å²) in [7, 11) is 2.09. The van der Waals surface area contributed by atoms with E-state index in [9.17, 15) is 0 Å². The molecule has 1 aliphatic rings. The van der Waals surface area contributed by atoms with Crippen LogP contribution in [-0.4, -0.2) is 37.6 Å². The molecule has 15 heavy (non-hydrogen) atoms. The van der Waals surface area contributed by atoms with Gasteiger partial charge in [0.2, 0.25) is 0 Å². The summed E-state index contributed by atoms with van der Waals surface area (Å²) in [5.41, 5.74) is 0. The Hall–Kier alpha value is -0.0800. The first-order valence-corrected chi connectivity index (χ1v) is 6.69. The molecule has 0 radical (unpaired) electrons. The maximum Gasteiger partial charge on any atom is 0.0191 e. The maximum atomic E-state index is 3.44. The van der Waals surface area contributed by atoms with Gasteiger partial charge >= 0.3 is 0 Å². The molecule has 1 rings (SSSR count). The smallest absolute Gasteiger partial charge is 0.0191 e. The predicted octanol–water partition coefficient (Wildman–Crippen LogP) is 2.50. The van der Waals surface area contributed by atoms with E-state index in [1.54, 1.807) is 0 Å². The van der Waals surface area contributed by atoms with Gasteiger partial charge in [-0.1, -0.05) is 26.7 Å². The van der Waals surface area contributed by atoms with Gasteiger partial charge in [-0.05, 0) is 38.8 Å². The average Bonchev–Trinajstić information content (AvgIpc) is 2.20. The van der Waals surface area contributed by atoms with E-state index >= 15 is 0 Å². The van der Waals surface area contributed by atoms with Crippen LogP contribution in [0.3, 0.4) is 0 Å². The van der Waals surface area contributed by atoms with E-state index in [0.717, 1.165) is 5.92 Å². The van der Waals surface area contributed by atoms with E-state index in [1.165, 1.54) is 51.7 Å². The topological polar surface area (TPSA) is 15.3 Å². The minimum atomic E-state index is 0.690. The normalized spacial score (nSPS) is 19.2. The van der Waals surface area contributed by atoms with E-state index in [-0.39, 0.29) is 0 Å². The molecule has 0 spiro atoms. The number of hydrogen-bond donors (Lipinski definition) is 1. The van der Waals surface area contributed by atoms with Crippen molar-refractivity contribution in [3.05, 3.63) is 0 Å². The van der Waals surface area contributed by atoms with Crippen LogP contribution in [0.15, 0.2) is 0 Å². The van der Waals surface area contributed by atoms with Gasteiger partial charge in [0.05, 0.1) is 0 Å². The van der Waals surface area contributed by atoms with E-state index < -0.39 is 0 Å². The van der Waals surface area contributed by atoms with Crippen molar-refractivity contribution in [3.63, 3.8) is 0 Å². The van der Waals surface area contributed by atoms with Gasteiger partial charge in [-0.3, -0.25) is 0 Å². The van der Waals surface area contributed by atoms with Crippen LogP contribution >= 0.6 is 0 Å². The molecule has 0 saturated heterocycles. The molecular weight excluding hydrogens is 184 g/mol. The molecule has 1 fully saturated rings. The van der Waals surface area contributed by atoms with Gasteiger partial charge in [0, 0.05) is 19.1 Å². The SMILES string of the molecule is CCCC(CN(CC)CC1CCC1)NC. The maximum absolute atomic E-state index is 3.44. The van der Waals surface area contributed by atoms with Crippen molar-refractivity contribution in [2.45, 2.75) is 52.0 Å². The molecule has 1 atom stereocenters. The second-order valence-electron chi connectivity index (χ2n) is 4.92. The van der Waals surface area contributed by atoms with Crippen LogP contribution in [0.4, 0.5) is 0 Å². The molecule has 1 N–H and O–H groups in total. The van der Waals surface area contributed by atoms with E-state index in [0.29, 0.717) is 6.04 Å². The highest BCUT2D eigenvalue weighted by atomic mass is 15.1. The molecule has 0 aromatic carbocycles. The van der Waals surface area contributed by atoms with Gasteiger partial charge in [0.1, 0.15) is 0 Å². The Kier molecular flexibility index (Phi) is 6.26. The average molecular weight is 212 g/mol. The number of likely N-dealkylation sites (N-methyl/N-ethyl adjacent to an activating group) is 2. The summed E-state index contributed by atoms with van der Waals surface area (Å²) in [6.45, 7) is 8.33. The molecule has 1 saturated carbocycles. The third-order valence-electron chi connectivity index (χ3n) is 3.71. The molecule has 0 aromatic heterocycles. The second-order valence-corrected chi connectivity index (χ2v) is 4.92. The second kappa shape index (κ2) is 7.24. The lowest BCUT2D eigenvalue weighted by Gasteiger charge is -2.33. The summed E-state index contributed by atoms with van der Waals surface area (Å²) >= 11 is 0. The van der Waals surface area contributed by atoms with Gasteiger partial charge in [0.25, 0.3) is 0 Å². The van der Waals surface area contributed by atoms with Crippen molar-refractivity contribution < 1.29 is 0 Å². The summed E-state index contributed by atoms with van der Waals surface area (Å²) in [4.78, 5) is 2.63. The molecule has 2 nitrogen and oxygen atoms in total. The van der Waals surface area contributed by atoms with Crippen LogP contribution in [-0.2, 0) is 0 Å². The zero-order valence-electron chi connectivity index (χ0n) is 10.8. The van der Waals surface area contributed by atoms with Gasteiger partial charge in [0.15, 0.2) is 0 Å². The third-order valence-corrected chi connectivity index (χ3v) is 3.71. The highest BCUT2D eigenvalue weighted by Gasteiger charge is 2.21. The summed E-state index contributed by atoms with van der Waals surface area (Å²) in [6.07, 6.45) is 6.99. The van der Waals surface area contributed by atoms with Crippen molar-refractivity contribution in [3.8, 4) is 0 Å². The zero-order chi connectivity index (χ0) is 11.1. The standard InChI is InChI=1S/C13H28N2/c1-4-7-13(14-3)11-15(5-2)10-12-8-6-9-12/h12-14H,4-11H2,1-3H3. The minimum absolute atomic E-state index is 0.690. The fourth-order valence-corrected chi connectivity index (χ4v) is 2.36. The lowest BCUT2D eigenvalue weighted by Crippen LogP contribution is -2.42. The van der Waals surface area contributed by atoms with Gasteiger partial charge in [-0.25, -0.2) is 0 Å². The molecule has 90 valence electrons. The molecule has 0 aromatic rings. The molecule has 0 bridgehead atoms. The first-order chi connectivity index (χ1) is 7.30. The highest BCUT2D eigenvalue weighted by molar-refractivity contribution is 4.76. The van der Waals surface area contributed by atoms with Crippen LogP contribution in [0.5, 0.6) is 0 Å². The van der Waals surface area contributed by atoms with Crippen molar-refractivity contribution in [2.75, 3.05) is 26.7 Å². The third kappa shape index (κ3) is 4.52. The molecule has 0 amide bonds. The van der Waals surface area contributed by atoms with Crippen molar-refractivity contribution >= 4 is 0 Å². The Bertz CT molecular complexity index is 155. The largest absolute Gasteiger partial charge is 0.316 e. The molecule has 0 heterocycles. The Morgan fingerprint density at radius 1 is 1.33 bits per heavy atom. The fraction of sp³-hybridized carbons (Fsp3) is 1.00.